The molecule has 1 aromatic carbocycles. The minimum absolute atomic E-state index is 0.0525. The van der Waals surface area contributed by atoms with Crippen LogP contribution < -0.4 is 11.2 Å². The van der Waals surface area contributed by atoms with Crippen LogP contribution in [-0.4, -0.2) is 19.3 Å². The Morgan fingerprint density at radius 1 is 1.27 bits per heavy atom. The number of thiol groups is 1. The molecule has 0 saturated heterocycles. The second kappa shape index (κ2) is 7.99. The predicted molar refractivity (Wildman–Crippen MR) is 108 cm³/mol. The van der Waals surface area contributed by atoms with Gasteiger partial charge in [0.1, 0.15) is 6.54 Å². The third kappa shape index (κ3) is 4.06. The van der Waals surface area contributed by atoms with Gasteiger partial charge in [-0.1, -0.05) is 28.9 Å². The molecule has 158 valence electrons. The van der Waals surface area contributed by atoms with Crippen molar-refractivity contribution in [2.45, 2.75) is 43.5 Å². The van der Waals surface area contributed by atoms with Crippen LogP contribution in [0.25, 0.3) is 0 Å². The predicted octanol–water partition coefficient (Wildman–Crippen LogP) is 3.19. The highest BCUT2D eigenvalue weighted by molar-refractivity contribution is 7.80. The Balaban J connectivity index is 1.46. The number of hydrogen-bond acceptors (Lipinski definition) is 6. The zero-order valence-electron chi connectivity index (χ0n) is 15.6. The maximum atomic E-state index is 13.8. The number of fused-ring (bicyclic) bond motifs is 1. The normalized spacial score (nSPS) is 15.9. The highest BCUT2D eigenvalue weighted by Gasteiger charge is 2.41. The molecule has 4 rings (SSSR count). The van der Waals surface area contributed by atoms with E-state index < -0.39 is 29.3 Å². The number of benzene rings is 1. The first-order chi connectivity index (χ1) is 14.2. The summed E-state index contributed by atoms with van der Waals surface area (Å²) in [6.45, 7) is -0.428. The fourth-order valence-corrected chi connectivity index (χ4v) is 3.80. The highest BCUT2D eigenvalue weighted by Crippen LogP contribution is 2.35. The van der Waals surface area contributed by atoms with Gasteiger partial charge < -0.3 is 4.52 Å². The Morgan fingerprint density at radius 3 is 2.73 bits per heavy atom. The maximum absolute atomic E-state index is 13.8. The number of hydrogen-bond donors (Lipinski definition) is 1. The molecule has 0 N–H and O–H groups in total. The maximum Gasteiger partial charge on any atom is 0.331 e. The van der Waals surface area contributed by atoms with E-state index in [-0.39, 0.29) is 24.2 Å². The van der Waals surface area contributed by atoms with Crippen molar-refractivity contribution in [1.82, 2.24) is 19.3 Å². The second-order valence-electron chi connectivity index (χ2n) is 7.05. The summed E-state index contributed by atoms with van der Waals surface area (Å²) in [4.78, 5) is 28.9. The second-order valence-corrected chi connectivity index (χ2v) is 8.11. The number of alkyl halides is 2. The number of aryl methyl sites for hydroxylation is 1. The Kier molecular flexibility index (Phi) is 5.54. The topological polar surface area (TPSA) is 82.9 Å². The van der Waals surface area contributed by atoms with E-state index in [0.29, 0.717) is 23.7 Å². The van der Waals surface area contributed by atoms with Crippen molar-refractivity contribution in [3.63, 3.8) is 0 Å². The van der Waals surface area contributed by atoms with Crippen molar-refractivity contribution in [3.05, 3.63) is 79.2 Å². The van der Waals surface area contributed by atoms with Crippen LogP contribution in [0.2, 0.25) is 5.02 Å². The Bertz CT molecular complexity index is 1190. The lowest BCUT2D eigenvalue weighted by Gasteiger charge is -2.10. The molecule has 0 saturated carbocycles. The molecule has 0 bridgehead atoms. The molecule has 1 unspecified atom stereocenters. The number of nitrogens with zero attached hydrogens (tertiary/aromatic N) is 4. The Labute approximate surface area is 179 Å². The van der Waals surface area contributed by atoms with Gasteiger partial charge in [-0.2, -0.15) is 26.4 Å². The first kappa shape index (κ1) is 20.8. The van der Waals surface area contributed by atoms with E-state index in [9.17, 15) is 18.4 Å². The van der Waals surface area contributed by atoms with Gasteiger partial charge in [0.15, 0.2) is 5.82 Å². The van der Waals surface area contributed by atoms with Crippen LogP contribution in [0.15, 0.2) is 44.4 Å². The molecule has 30 heavy (non-hydrogen) atoms. The summed E-state index contributed by atoms with van der Waals surface area (Å²) in [5.74, 6) is -2.72. The number of halogens is 3. The van der Waals surface area contributed by atoms with Gasteiger partial charge in [-0.3, -0.25) is 13.9 Å². The largest absolute Gasteiger partial charge is 0.337 e. The van der Waals surface area contributed by atoms with Gasteiger partial charge in [-0.25, -0.2) is 4.79 Å². The average Bonchev–Trinajstić information content (AvgIpc) is 3.28. The average molecular weight is 455 g/mol. The quantitative estimate of drug-likeness (QED) is 0.578. The zero-order valence-corrected chi connectivity index (χ0v) is 17.2. The minimum atomic E-state index is -3.18. The lowest BCUT2D eigenvalue weighted by molar-refractivity contribution is -0.00249. The third-order valence-electron chi connectivity index (χ3n) is 5.00. The molecule has 3 aromatic rings. The number of aromatic nitrogens is 4. The van der Waals surface area contributed by atoms with E-state index in [1.165, 1.54) is 0 Å². The van der Waals surface area contributed by atoms with Crippen molar-refractivity contribution in [3.8, 4) is 0 Å². The van der Waals surface area contributed by atoms with Crippen molar-refractivity contribution < 1.29 is 13.3 Å². The summed E-state index contributed by atoms with van der Waals surface area (Å²) in [6.07, 6.45) is 0.583. The highest BCUT2D eigenvalue weighted by atomic mass is 35.5. The van der Waals surface area contributed by atoms with Crippen molar-refractivity contribution >= 4 is 24.2 Å². The molecule has 11 heteroatoms. The van der Waals surface area contributed by atoms with Crippen molar-refractivity contribution in [2.75, 3.05) is 0 Å². The van der Waals surface area contributed by atoms with Crippen LogP contribution >= 0.6 is 24.2 Å². The fraction of sp³-hybridized carbons (Fsp3) is 0.368. The molecule has 0 aliphatic carbocycles. The first-order valence-corrected chi connectivity index (χ1v) is 10.1. The molecular formula is C19H17ClF2N4O3S. The van der Waals surface area contributed by atoms with E-state index in [0.717, 1.165) is 20.8 Å². The summed E-state index contributed by atoms with van der Waals surface area (Å²) in [7, 11) is 0. The van der Waals surface area contributed by atoms with E-state index in [4.69, 9.17) is 16.1 Å². The summed E-state index contributed by atoms with van der Waals surface area (Å²) < 4.78 is 34.4. The molecular weight excluding hydrogens is 438 g/mol. The Morgan fingerprint density at radius 2 is 2.00 bits per heavy atom. The first-order valence-electron chi connectivity index (χ1n) is 9.22. The molecule has 0 fully saturated rings. The van der Waals surface area contributed by atoms with E-state index >= 15 is 0 Å². The van der Waals surface area contributed by atoms with Gasteiger partial charge in [0.25, 0.3) is 11.5 Å². The lowest BCUT2D eigenvalue weighted by atomic mass is 10.1. The van der Waals surface area contributed by atoms with E-state index in [2.05, 4.69) is 22.8 Å². The van der Waals surface area contributed by atoms with E-state index in [1.807, 2.05) is 12.1 Å². The molecule has 7 nitrogen and oxygen atoms in total. The van der Waals surface area contributed by atoms with Crippen LogP contribution in [0.5, 0.6) is 0 Å². The molecule has 2 aromatic heterocycles. The smallest absolute Gasteiger partial charge is 0.331 e. The fourth-order valence-electron chi connectivity index (χ4n) is 3.37. The van der Waals surface area contributed by atoms with Crippen LogP contribution in [0.3, 0.4) is 0 Å². The zero-order chi connectivity index (χ0) is 21.5. The molecule has 1 aliphatic heterocycles. The molecule has 1 atom stereocenters. The standard InChI is InChI=1S/C19H17ClF2N4O3S/c20-12-3-1-11(2-4-12)13(30)5-6-15-23-16(29-24-15)10-26-17(27)9-14-19(21,22)7-8-25(14)18(26)28/h1-4,9,13,30H,5-8,10H2. The van der Waals surface area contributed by atoms with Crippen LogP contribution in [0, 0.1) is 0 Å². The van der Waals surface area contributed by atoms with Gasteiger partial charge in [-0.05, 0) is 24.1 Å². The van der Waals surface area contributed by atoms with Crippen molar-refractivity contribution in [2.24, 2.45) is 0 Å². The monoisotopic (exact) mass is 454 g/mol. The van der Waals surface area contributed by atoms with Gasteiger partial charge in [0.2, 0.25) is 5.89 Å². The SMILES string of the molecule is O=c1cc2n(c(=O)n1Cc1nc(CCC(S)c3ccc(Cl)cc3)no1)CCC2(F)F. The van der Waals surface area contributed by atoms with Crippen LogP contribution in [-0.2, 0) is 25.4 Å². The summed E-state index contributed by atoms with van der Waals surface area (Å²) >= 11 is 10.5. The van der Waals surface area contributed by atoms with Gasteiger partial charge in [0, 0.05) is 35.7 Å². The minimum Gasteiger partial charge on any atom is -0.337 e. The summed E-state index contributed by atoms with van der Waals surface area (Å²) in [5, 5.41) is 4.44. The van der Waals surface area contributed by atoms with Gasteiger partial charge >= 0.3 is 5.69 Å². The Hall–Kier alpha value is -2.46. The van der Waals surface area contributed by atoms with Crippen LogP contribution in [0.4, 0.5) is 8.78 Å². The summed E-state index contributed by atoms with van der Waals surface area (Å²) in [6, 6.07) is 8.14. The molecule has 1 aliphatic rings. The summed E-state index contributed by atoms with van der Waals surface area (Å²) in [5.41, 5.74) is -1.19. The lowest BCUT2D eigenvalue weighted by Crippen LogP contribution is -2.40. The molecule has 0 spiro atoms. The molecule has 0 radical (unpaired) electrons. The molecule has 0 amide bonds. The van der Waals surface area contributed by atoms with E-state index in [1.54, 1.807) is 12.1 Å². The third-order valence-corrected chi connectivity index (χ3v) is 5.81. The molecule has 3 heterocycles. The van der Waals surface area contributed by atoms with Crippen LogP contribution in [0.1, 0.15) is 41.1 Å². The van der Waals surface area contributed by atoms with Gasteiger partial charge in [0.05, 0.1) is 5.69 Å². The van der Waals surface area contributed by atoms with Crippen molar-refractivity contribution in [1.29, 1.82) is 0 Å². The number of rotatable bonds is 6. The van der Waals surface area contributed by atoms with Gasteiger partial charge in [-0.15, -0.1) is 0 Å².